The molecule has 0 radical (unpaired) electrons. The molecular weight excluding hydrogens is 252 g/mol. The zero-order valence-corrected chi connectivity index (χ0v) is 11.3. The van der Waals surface area contributed by atoms with Gasteiger partial charge in [0.15, 0.2) is 0 Å². The molecule has 5 heteroatoms. The number of fused-ring (bicyclic) bond motifs is 1. The van der Waals surface area contributed by atoms with Crippen molar-refractivity contribution in [1.29, 1.82) is 0 Å². The maximum absolute atomic E-state index is 12.7. The number of nitrogen functional groups attached to an aromatic ring is 1. The van der Waals surface area contributed by atoms with Gasteiger partial charge < -0.3 is 10.6 Å². The number of nitrogens with zero attached hydrogens (tertiary/aromatic N) is 3. The second-order valence-electron chi connectivity index (χ2n) is 5.02. The molecule has 20 heavy (non-hydrogen) atoms. The number of rotatable bonds is 1. The molecule has 5 nitrogen and oxygen atoms in total. The monoisotopic (exact) mass is 268 g/mol. The molecule has 1 aliphatic rings. The third-order valence-corrected chi connectivity index (χ3v) is 3.63. The van der Waals surface area contributed by atoms with Crippen molar-refractivity contribution in [3.05, 3.63) is 47.9 Å². The fraction of sp³-hybridized carbons (Fsp3) is 0.267. The van der Waals surface area contributed by atoms with Crippen molar-refractivity contribution in [2.24, 2.45) is 0 Å². The van der Waals surface area contributed by atoms with E-state index < -0.39 is 0 Å². The lowest BCUT2D eigenvalue weighted by atomic mass is 9.96. The molecule has 0 aliphatic carbocycles. The second-order valence-corrected chi connectivity index (χ2v) is 5.02. The predicted molar refractivity (Wildman–Crippen MR) is 77.5 cm³/mol. The number of aryl methyl sites for hydroxylation is 1. The van der Waals surface area contributed by atoms with E-state index >= 15 is 0 Å². The summed E-state index contributed by atoms with van der Waals surface area (Å²) in [7, 11) is 0. The Hall–Kier alpha value is -2.43. The number of hydrogen-bond acceptors (Lipinski definition) is 4. The molecule has 102 valence electrons. The molecule has 0 spiro atoms. The van der Waals surface area contributed by atoms with Crippen molar-refractivity contribution in [1.82, 2.24) is 9.97 Å². The van der Waals surface area contributed by atoms with E-state index in [0.717, 1.165) is 18.5 Å². The van der Waals surface area contributed by atoms with E-state index in [4.69, 9.17) is 5.73 Å². The van der Waals surface area contributed by atoms with Crippen LogP contribution < -0.4 is 10.6 Å². The van der Waals surface area contributed by atoms with Gasteiger partial charge in [-0.15, -0.1) is 0 Å². The Kier molecular flexibility index (Phi) is 3.10. The first-order chi connectivity index (χ1) is 9.66. The highest BCUT2D eigenvalue weighted by atomic mass is 16.2. The first-order valence-corrected chi connectivity index (χ1v) is 6.66. The molecule has 1 amide bonds. The highest BCUT2D eigenvalue weighted by Gasteiger charge is 2.29. The zero-order chi connectivity index (χ0) is 14.1. The first-order valence-electron chi connectivity index (χ1n) is 6.66. The maximum atomic E-state index is 12.7. The number of hydrogen-bond donors (Lipinski definition) is 1. The molecule has 1 aliphatic heterocycles. The number of benzene rings is 1. The van der Waals surface area contributed by atoms with Crippen LogP contribution in [-0.4, -0.2) is 21.9 Å². The van der Waals surface area contributed by atoms with Crippen molar-refractivity contribution in [3.63, 3.8) is 0 Å². The van der Waals surface area contributed by atoms with Gasteiger partial charge in [-0.2, -0.15) is 0 Å². The minimum absolute atomic E-state index is 0.128. The van der Waals surface area contributed by atoms with Crippen LogP contribution >= 0.6 is 0 Å². The number of amides is 1. The summed E-state index contributed by atoms with van der Waals surface area (Å²) in [4.78, 5) is 22.5. The fourth-order valence-electron chi connectivity index (χ4n) is 2.57. The number of carbonyl (C=O) groups excluding carboxylic acids is 1. The summed E-state index contributed by atoms with van der Waals surface area (Å²) in [5.41, 5.74) is 8.00. The molecule has 0 saturated carbocycles. The molecule has 0 fully saturated rings. The lowest BCUT2D eigenvalue weighted by Crippen LogP contribution is -2.42. The van der Waals surface area contributed by atoms with Gasteiger partial charge in [0.2, 0.25) is 0 Å². The minimum Gasteiger partial charge on any atom is -0.382 e. The summed E-state index contributed by atoms with van der Waals surface area (Å²) >= 11 is 0. The highest BCUT2D eigenvalue weighted by Crippen LogP contribution is 2.31. The van der Waals surface area contributed by atoms with E-state index in [1.165, 1.54) is 18.0 Å². The molecule has 1 aromatic heterocycles. The Balaban J connectivity index is 2.00. The molecule has 3 rings (SSSR count). The van der Waals surface area contributed by atoms with Crippen molar-refractivity contribution in [2.75, 3.05) is 10.6 Å². The quantitative estimate of drug-likeness (QED) is 0.859. The molecule has 1 aromatic carbocycles. The van der Waals surface area contributed by atoms with Gasteiger partial charge in [0.05, 0.1) is 12.4 Å². The Morgan fingerprint density at radius 3 is 2.85 bits per heavy atom. The van der Waals surface area contributed by atoms with E-state index in [9.17, 15) is 4.79 Å². The van der Waals surface area contributed by atoms with Crippen LogP contribution in [0.1, 0.15) is 29.4 Å². The lowest BCUT2D eigenvalue weighted by molar-refractivity contribution is 0.0970. The first kappa shape index (κ1) is 12.6. The Morgan fingerprint density at radius 2 is 2.10 bits per heavy atom. The van der Waals surface area contributed by atoms with E-state index in [2.05, 4.69) is 23.0 Å². The Morgan fingerprint density at radius 1 is 1.30 bits per heavy atom. The van der Waals surface area contributed by atoms with Crippen molar-refractivity contribution < 1.29 is 4.79 Å². The van der Waals surface area contributed by atoms with Crippen molar-refractivity contribution in [3.8, 4) is 0 Å². The molecule has 1 unspecified atom stereocenters. The van der Waals surface area contributed by atoms with Gasteiger partial charge in [-0.3, -0.25) is 4.79 Å². The van der Waals surface area contributed by atoms with Crippen LogP contribution in [0.2, 0.25) is 0 Å². The van der Waals surface area contributed by atoms with Crippen molar-refractivity contribution >= 4 is 17.4 Å². The lowest BCUT2D eigenvalue weighted by Gasteiger charge is -2.35. The predicted octanol–water partition coefficient (Wildman–Crippen LogP) is 2.04. The number of anilines is 2. The third-order valence-electron chi connectivity index (χ3n) is 3.63. The van der Waals surface area contributed by atoms with Gasteiger partial charge >= 0.3 is 0 Å². The third kappa shape index (κ3) is 2.11. The summed E-state index contributed by atoms with van der Waals surface area (Å²) in [6, 6.07) is 8.15. The van der Waals surface area contributed by atoms with Gasteiger partial charge in [-0.1, -0.05) is 18.2 Å². The molecule has 2 aromatic rings. The minimum atomic E-state index is -0.128. The van der Waals surface area contributed by atoms with Gasteiger partial charge in [-0.05, 0) is 31.4 Å². The molecule has 0 bridgehead atoms. The Labute approximate surface area is 117 Å². The molecule has 1 atom stereocenters. The Bertz CT molecular complexity index is 639. The highest BCUT2D eigenvalue weighted by molar-refractivity contribution is 6.05. The molecular formula is C15H16N4O. The van der Waals surface area contributed by atoms with Crippen LogP contribution in [0.15, 0.2) is 36.7 Å². The zero-order valence-electron chi connectivity index (χ0n) is 11.3. The largest absolute Gasteiger partial charge is 0.382 e. The van der Waals surface area contributed by atoms with Crippen LogP contribution in [0.5, 0.6) is 0 Å². The average molecular weight is 268 g/mol. The van der Waals surface area contributed by atoms with E-state index in [1.807, 2.05) is 18.2 Å². The van der Waals surface area contributed by atoms with Crippen molar-refractivity contribution in [2.45, 2.75) is 25.8 Å². The van der Waals surface area contributed by atoms with Gasteiger partial charge in [0.1, 0.15) is 11.5 Å². The van der Waals surface area contributed by atoms with Crippen LogP contribution in [0.4, 0.5) is 11.5 Å². The summed E-state index contributed by atoms with van der Waals surface area (Å²) in [5.74, 6) is 0.186. The number of aromatic nitrogens is 2. The number of nitrogens with two attached hydrogens (primary N) is 1. The average Bonchev–Trinajstić information content (AvgIpc) is 2.47. The standard InChI is InChI=1S/C15H16N4O/c1-10-6-7-11-4-2-3-5-13(11)19(10)15(20)12-8-18-14(16)9-17-12/h2-5,8-10H,6-7H2,1H3,(H2,16,18). The van der Waals surface area contributed by atoms with E-state index in [1.54, 1.807) is 4.90 Å². The number of carbonyl (C=O) groups is 1. The summed E-state index contributed by atoms with van der Waals surface area (Å²) < 4.78 is 0. The van der Waals surface area contributed by atoms with Gasteiger partial charge in [0.25, 0.3) is 5.91 Å². The SMILES string of the molecule is CC1CCc2ccccc2N1C(=O)c1cnc(N)cn1. The normalized spacial score (nSPS) is 17.6. The summed E-state index contributed by atoms with van der Waals surface area (Å²) in [5, 5.41) is 0. The second kappa shape index (κ2) is 4.92. The smallest absolute Gasteiger partial charge is 0.278 e. The summed E-state index contributed by atoms with van der Waals surface area (Å²) in [6.07, 6.45) is 4.79. The topological polar surface area (TPSA) is 72.1 Å². The maximum Gasteiger partial charge on any atom is 0.278 e. The molecule has 0 saturated heterocycles. The molecule has 2 N–H and O–H groups in total. The fourth-order valence-corrected chi connectivity index (χ4v) is 2.57. The van der Waals surface area contributed by atoms with Gasteiger partial charge in [-0.25, -0.2) is 9.97 Å². The number of para-hydroxylation sites is 1. The molecule has 2 heterocycles. The van der Waals surface area contributed by atoms with Crippen LogP contribution in [0.25, 0.3) is 0 Å². The summed E-state index contributed by atoms with van der Waals surface area (Å²) in [6.45, 7) is 2.05. The van der Waals surface area contributed by atoms with Gasteiger partial charge in [0, 0.05) is 11.7 Å². The van der Waals surface area contributed by atoms with E-state index in [-0.39, 0.29) is 11.9 Å². The van der Waals surface area contributed by atoms with Crippen LogP contribution in [0.3, 0.4) is 0 Å². The van der Waals surface area contributed by atoms with Crippen LogP contribution in [0, 0.1) is 0 Å². The van der Waals surface area contributed by atoms with Crippen LogP contribution in [-0.2, 0) is 6.42 Å². The van der Waals surface area contributed by atoms with E-state index in [0.29, 0.717) is 11.5 Å².